The summed E-state index contributed by atoms with van der Waals surface area (Å²) < 4.78 is 0. The summed E-state index contributed by atoms with van der Waals surface area (Å²) in [5.74, 6) is 0. The molecule has 2 nitrogen and oxygen atoms in total. The zero-order chi connectivity index (χ0) is 9.07. The molecule has 0 aliphatic carbocycles. The number of hydrogen-bond donors (Lipinski definition) is 1. The van der Waals surface area contributed by atoms with Gasteiger partial charge in [0.05, 0.1) is 5.60 Å². The highest BCUT2D eigenvalue weighted by Crippen LogP contribution is 2.10. The summed E-state index contributed by atoms with van der Waals surface area (Å²) >= 11 is 0. The van der Waals surface area contributed by atoms with Crippen molar-refractivity contribution in [1.29, 1.82) is 0 Å². The van der Waals surface area contributed by atoms with Gasteiger partial charge in [0.1, 0.15) is 0 Å². The largest absolute Gasteiger partial charge is 0.389 e. The van der Waals surface area contributed by atoms with Gasteiger partial charge in [0.25, 0.3) is 0 Å². The molecule has 68 valence electrons. The molecule has 0 aliphatic heterocycles. The molecule has 1 N–H and O–H groups in total. The first-order valence-electron chi connectivity index (χ1n) is 4.31. The Labute approximate surface area is 70.2 Å². The summed E-state index contributed by atoms with van der Waals surface area (Å²) in [6.45, 7) is 8.90. The molecule has 0 heterocycles. The summed E-state index contributed by atoms with van der Waals surface area (Å²) in [4.78, 5) is 2.16. The van der Waals surface area contributed by atoms with Crippen molar-refractivity contribution in [3.63, 3.8) is 0 Å². The summed E-state index contributed by atoms with van der Waals surface area (Å²) in [5, 5.41) is 9.70. The molecule has 0 saturated heterocycles. The molecule has 0 fully saturated rings. The minimum absolute atomic E-state index is 0.507. The van der Waals surface area contributed by atoms with E-state index < -0.39 is 5.60 Å². The summed E-state index contributed by atoms with van der Waals surface area (Å²) in [6.07, 6.45) is 0.810. The lowest BCUT2D eigenvalue weighted by Gasteiger charge is -2.30. The molecule has 0 bridgehead atoms. The van der Waals surface area contributed by atoms with Crippen LogP contribution in [0.25, 0.3) is 0 Å². The molecule has 0 aromatic heterocycles. The zero-order valence-corrected chi connectivity index (χ0v) is 8.39. The van der Waals surface area contributed by atoms with E-state index in [1.807, 2.05) is 20.9 Å². The van der Waals surface area contributed by atoms with Crippen molar-refractivity contribution >= 4 is 0 Å². The van der Waals surface area contributed by atoms with Crippen molar-refractivity contribution < 1.29 is 5.11 Å². The van der Waals surface area contributed by atoms with E-state index in [2.05, 4.69) is 18.7 Å². The first-order valence-corrected chi connectivity index (χ1v) is 4.31. The molecule has 1 atom stereocenters. The molecule has 0 spiro atoms. The van der Waals surface area contributed by atoms with Crippen LogP contribution in [0.15, 0.2) is 0 Å². The Morgan fingerprint density at radius 2 is 1.91 bits per heavy atom. The van der Waals surface area contributed by atoms with Gasteiger partial charge >= 0.3 is 0 Å². The Kier molecular flexibility index (Phi) is 4.04. The second-order valence-corrected chi connectivity index (χ2v) is 3.86. The normalized spacial score (nSPS) is 17.5. The molecule has 0 aromatic rings. The first-order chi connectivity index (χ1) is 4.89. The fourth-order valence-electron chi connectivity index (χ4n) is 0.832. The second kappa shape index (κ2) is 4.07. The average Bonchev–Trinajstić information content (AvgIpc) is 1.87. The van der Waals surface area contributed by atoms with Crippen molar-refractivity contribution in [2.24, 2.45) is 0 Å². The number of likely N-dealkylation sites (N-methyl/N-ethyl adjacent to an activating group) is 1. The highest BCUT2D eigenvalue weighted by molar-refractivity contribution is 4.75. The summed E-state index contributed by atoms with van der Waals surface area (Å²) in [7, 11) is 2.04. The molecule has 11 heavy (non-hydrogen) atoms. The Balaban J connectivity index is 3.83. The summed E-state index contributed by atoms with van der Waals surface area (Å²) in [6, 6.07) is 0.507. The van der Waals surface area contributed by atoms with Gasteiger partial charge in [-0.2, -0.15) is 0 Å². The lowest BCUT2D eigenvalue weighted by molar-refractivity contribution is 0.0160. The molecule has 0 radical (unpaired) electrons. The minimum Gasteiger partial charge on any atom is -0.389 e. The Hall–Kier alpha value is -0.0800. The summed E-state index contributed by atoms with van der Waals surface area (Å²) in [5.41, 5.74) is -0.529. The molecule has 0 amide bonds. The van der Waals surface area contributed by atoms with E-state index in [0.29, 0.717) is 6.04 Å². The van der Waals surface area contributed by atoms with Crippen molar-refractivity contribution in [1.82, 2.24) is 4.90 Å². The van der Waals surface area contributed by atoms with E-state index in [1.165, 1.54) is 0 Å². The number of nitrogens with zero attached hydrogens (tertiary/aromatic N) is 1. The van der Waals surface area contributed by atoms with Crippen molar-refractivity contribution in [3.05, 3.63) is 0 Å². The predicted molar refractivity (Wildman–Crippen MR) is 48.7 cm³/mol. The fourth-order valence-corrected chi connectivity index (χ4v) is 0.832. The SMILES string of the molecule is CC[C@@](C)(O)CN(C)C(C)C. The lowest BCUT2D eigenvalue weighted by atomic mass is 10.0. The molecule has 2 heteroatoms. The molecule has 0 rings (SSSR count). The van der Waals surface area contributed by atoms with Gasteiger partial charge in [0.2, 0.25) is 0 Å². The fraction of sp³-hybridized carbons (Fsp3) is 1.00. The van der Waals surface area contributed by atoms with Crippen LogP contribution >= 0.6 is 0 Å². The van der Waals surface area contributed by atoms with E-state index in [0.717, 1.165) is 13.0 Å². The monoisotopic (exact) mass is 159 g/mol. The van der Waals surface area contributed by atoms with Crippen LogP contribution in [0.1, 0.15) is 34.1 Å². The van der Waals surface area contributed by atoms with E-state index in [-0.39, 0.29) is 0 Å². The maximum Gasteiger partial charge on any atom is 0.0743 e. The van der Waals surface area contributed by atoms with E-state index >= 15 is 0 Å². The molecule has 0 saturated carbocycles. The molecule has 0 aliphatic rings. The Bertz CT molecular complexity index is 110. The van der Waals surface area contributed by atoms with Gasteiger partial charge < -0.3 is 10.0 Å². The van der Waals surface area contributed by atoms with Crippen molar-refractivity contribution in [3.8, 4) is 0 Å². The number of aliphatic hydroxyl groups is 1. The first kappa shape index (κ1) is 10.9. The highest BCUT2D eigenvalue weighted by Gasteiger charge is 2.20. The smallest absolute Gasteiger partial charge is 0.0743 e. The van der Waals surface area contributed by atoms with Crippen molar-refractivity contribution in [2.45, 2.75) is 45.8 Å². The van der Waals surface area contributed by atoms with Crippen LogP contribution < -0.4 is 0 Å². The van der Waals surface area contributed by atoms with E-state index in [1.54, 1.807) is 0 Å². The zero-order valence-electron chi connectivity index (χ0n) is 8.39. The van der Waals surface area contributed by atoms with Gasteiger partial charge in [-0.05, 0) is 34.2 Å². The van der Waals surface area contributed by atoms with Crippen LogP contribution in [0.3, 0.4) is 0 Å². The molecule has 0 unspecified atom stereocenters. The molecule has 0 aromatic carbocycles. The van der Waals surface area contributed by atoms with Gasteiger partial charge in [-0.15, -0.1) is 0 Å². The van der Waals surface area contributed by atoms with Crippen LogP contribution in [0.2, 0.25) is 0 Å². The van der Waals surface area contributed by atoms with Gasteiger partial charge in [-0.3, -0.25) is 0 Å². The Morgan fingerprint density at radius 1 is 1.45 bits per heavy atom. The minimum atomic E-state index is -0.529. The maximum absolute atomic E-state index is 9.70. The molecular weight excluding hydrogens is 138 g/mol. The Morgan fingerprint density at radius 3 is 2.18 bits per heavy atom. The van der Waals surface area contributed by atoms with E-state index in [4.69, 9.17) is 0 Å². The van der Waals surface area contributed by atoms with Gasteiger partial charge in [0, 0.05) is 12.6 Å². The predicted octanol–water partition coefficient (Wildman–Crippen LogP) is 1.49. The third-order valence-corrected chi connectivity index (χ3v) is 2.23. The van der Waals surface area contributed by atoms with Crippen LogP contribution in [-0.2, 0) is 0 Å². The van der Waals surface area contributed by atoms with Crippen LogP contribution in [0.4, 0.5) is 0 Å². The lowest BCUT2D eigenvalue weighted by Crippen LogP contribution is -2.41. The quantitative estimate of drug-likeness (QED) is 0.671. The third-order valence-electron chi connectivity index (χ3n) is 2.23. The van der Waals surface area contributed by atoms with Crippen LogP contribution in [0, 0.1) is 0 Å². The topological polar surface area (TPSA) is 23.5 Å². The second-order valence-electron chi connectivity index (χ2n) is 3.86. The third kappa shape index (κ3) is 4.38. The highest BCUT2D eigenvalue weighted by atomic mass is 16.3. The molecular formula is C9H21NO. The number of rotatable bonds is 4. The van der Waals surface area contributed by atoms with Crippen LogP contribution in [0.5, 0.6) is 0 Å². The average molecular weight is 159 g/mol. The van der Waals surface area contributed by atoms with Crippen molar-refractivity contribution in [2.75, 3.05) is 13.6 Å². The maximum atomic E-state index is 9.70. The van der Waals surface area contributed by atoms with Gasteiger partial charge in [-0.1, -0.05) is 6.92 Å². The standard InChI is InChI=1S/C9H21NO/c1-6-9(4,11)7-10(5)8(2)3/h8,11H,6-7H2,1-5H3/t9-/m1/s1. The van der Waals surface area contributed by atoms with Gasteiger partial charge in [0.15, 0.2) is 0 Å². The number of hydrogen-bond acceptors (Lipinski definition) is 2. The van der Waals surface area contributed by atoms with Gasteiger partial charge in [-0.25, -0.2) is 0 Å². The van der Waals surface area contributed by atoms with Crippen LogP contribution in [-0.4, -0.2) is 35.2 Å². The van der Waals surface area contributed by atoms with E-state index in [9.17, 15) is 5.11 Å².